The molecule has 0 spiro atoms. The number of hydrogen-bond donors (Lipinski definition) is 2. The van der Waals surface area contributed by atoms with Crippen LogP contribution in [0.5, 0.6) is 0 Å². The molecule has 0 atom stereocenters. The first kappa shape index (κ1) is 20.2. The summed E-state index contributed by atoms with van der Waals surface area (Å²) in [5.41, 5.74) is 7.16. The molecular formula is C18H22F2N6O. The van der Waals surface area contributed by atoms with Crippen LogP contribution >= 0.6 is 0 Å². The van der Waals surface area contributed by atoms with E-state index in [0.717, 1.165) is 13.8 Å². The van der Waals surface area contributed by atoms with Crippen LogP contribution in [0.4, 0.5) is 8.78 Å². The van der Waals surface area contributed by atoms with Crippen molar-refractivity contribution in [2.45, 2.75) is 33.0 Å². The summed E-state index contributed by atoms with van der Waals surface area (Å²) >= 11 is 0. The number of benzene rings is 1. The number of nitrogens with one attached hydrogen (secondary N) is 1. The summed E-state index contributed by atoms with van der Waals surface area (Å²) in [6.07, 6.45) is 1.73. The van der Waals surface area contributed by atoms with Gasteiger partial charge in [-0.15, -0.1) is 0 Å². The largest absolute Gasteiger partial charge is 0.380 e. The van der Waals surface area contributed by atoms with Crippen molar-refractivity contribution in [1.82, 2.24) is 10.4 Å². The molecule has 9 heteroatoms. The normalized spacial score (nSPS) is 18.2. The maximum atomic E-state index is 14.0. The van der Waals surface area contributed by atoms with Gasteiger partial charge in [0, 0.05) is 18.2 Å². The fourth-order valence-corrected chi connectivity index (χ4v) is 2.35. The topological polar surface area (TPSA) is 95.4 Å². The number of alkyl halides is 1. The Bertz CT molecular complexity index is 852. The quantitative estimate of drug-likeness (QED) is 0.468. The summed E-state index contributed by atoms with van der Waals surface area (Å²) in [4.78, 5) is 15.8. The highest BCUT2D eigenvalue weighted by molar-refractivity contribution is 6.54. The predicted octanol–water partition coefficient (Wildman–Crippen LogP) is 2.11. The molecule has 0 aliphatic carbocycles. The van der Waals surface area contributed by atoms with Crippen molar-refractivity contribution >= 4 is 23.3 Å². The van der Waals surface area contributed by atoms with Crippen LogP contribution in [-0.4, -0.2) is 41.0 Å². The Labute approximate surface area is 156 Å². The lowest BCUT2D eigenvalue weighted by Gasteiger charge is -2.15. The van der Waals surface area contributed by atoms with Crippen molar-refractivity contribution in [3.8, 4) is 0 Å². The molecule has 1 aromatic rings. The smallest absolute Gasteiger partial charge is 0.277 e. The summed E-state index contributed by atoms with van der Waals surface area (Å²) in [6, 6.07) is 6.33. The van der Waals surface area contributed by atoms with Gasteiger partial charge in [-0.25, -0.2) is 19.2 Å². The van der Waals surface area contributed by atoms with Gasteiger partial charge in [0.15, 0.2) is 17.3 Å². The molecular weight excluding hydrogens is 354 g/mol. The standard InChI is InChI=1S/C18H22F2N6O/c1-5-12-14(15(21)23-24-17(27)18(2,3)20)25-26(16(12)22-4)10-11-8-6-7-9-13(11)19/h5-9H,10H2,1-4H3,(H2,21,23)(H,24,27)/b12-5-,22-16?. The number of nitrogens with two attached hydrogens (primary N) is 1. The molecule has 2 rings (SSSR count). The summed E-state index contributed by atoms with van der Waals surface area (Å²) in [6.45, 7) is 4.11. The number of amidine groups is 2. The first-order valence-corrected chi connectivity index (χ1v) is 8.25. The third-order valence-electron chi connectivity index (χ3n) is 3.80. The zero-order valence-corrected chi connectivity index (χ0v) is 15.6. The number of amides is 1. The molecule has 0 aromatic heterocycles. The molecule has 0 saturated carbocycles. The number of allylic oxidation sites excluding steroid dienone is 1. The van der Waals surface area contributed by atoms with E-state index in [1.807, 2.05) is 0 Å². The fourth-order valence-electron chi connectivity index (χ4n) is 2.35. The van der Waals surface area contributed by atoms with Crippen LogP contribution in [0, 0.1) is 5.82 Å². The van der Waals surface area contributed by atoms with Crippen LogP contribution in [-0.2, 0) is 11.3 Å². The van der Waals surface area contributed by atoms with E-state index in [1.165, 1.54) is 11.1 Å². The molecule has 1 aromatic carbocycles. The van der Waals surface area contributed by atoms with Crippen molar-refractivity contribution < 1.29 is 13.6 Å². The summed E-state index contributed by atoms with van der Waals surface area (Å²) in [5, 5.41) is 9.57. The summed E-state index contributed by atoms with van der Waals surface area (Å²) < 4.78 is 27.6. The van der Waals surface area contributed by atoms with E-state index in [9.17, 15) is 13.6 Å². The van der Waals surface area contributed by atoms with Gasteiger partial charge in [0.2, 0.25) is 0 Å². The van der Waals surface area contributed by atoms with Gasteiger partial charge in [-0.05, 0) is 26.8 Å². The van der Waals surface area contributed by atoms with Crippen LogP contribution in [0.15, 0.2) is 51.1 Å². The van der Waals surface area contributed by atoms with Gasteiger partial charge in [0.1, 0.15) is 11.5 Å². The van der Waals surface area contributed by atoms with Crippen molar-refractivity contribution in [2.75, 3.05) is 7.05 Å². The van der Waals surface area contributed by atoms with E-state index in [0.29, 0.717) is 17.0 Å². The van der Waals surface area contributed by atoms with Gasteiger partial charge in [-0.1, -0.05) is 24.3 Å². The molecule has 1 heterocycles. The zero-order chi connectivity index (χ0) is 20.2. The molecule has 0 unspecified atom stereocenters. The zero-order valence-electron chi connectivity index (χ0n) is 15.6. The lowest BCUT2D eigenvalue weighted by atomic mass is 10.1. The van der Waals surface area contributed by atoms with Crippen molar-refractivity contribution in [3.05, 3.63) is 47.3 Å². The highest BCUT2D eigenvalue weighted by Crippen LogP contribution is 2.21. The highest BCUT2D eigenvalue weighted by Gasteiger charge is 2.31. The lowest BCUT2D eigenvalue weighted by molar-refractivity contribution is -0.130. The number of aliphatic imine (C=N–C) groups is 1. The molecule has 0 saturated heterocycles. The third-order valence-corrected chi connectivity index (χ3v) is 3.80. The molecule has 1 aliphatic heterocycles. The molecule has 144 valence electrons. The average molecular weight is 376 g/mol. The average Bonchev–Trinajstić information content (AvgIpc) is 2.97. The monoisotopic (exact) mass is 376 g/mol. The number of carbonyl (C=O) groups is 1. The number of nitrogens with zero attached hydrogens (tertiary/aromatic N) is 4. The molecule has 7 nitrogen and oxygen atoms in total. The fraction of sp³-hybridized carbons (Fsp3) is 0.333. The first-order chi connectivity index (χ1) is 12.7. The minimum absolute atomic E-state index is 0.113. The minimum atomic E-state index is -2.10. The van der Waals surface area contributed by atoms with Crippen LogP contribution in [0.2, 0.25) is 0 Å². The van der Waals surface area contributed by atoms with Crippen molar-refractivity contribution in [2.24, 2.45) is 20.9 Å². The van der Waals surface area contributed by atoms with E-state index in [4.69, 9.17) is 5.73 Å². The first-order valence-electron chi connectivity index (χ1n) is 8.25. The molecule has 0 fully saturated rings. The van der Waals surface area contributed by atoms with Gasteiger partial charge < -0.3 is 5.73 Å². The highest BCUT2D eigenvalue weighted by atomic mass is 19.1. The Kier molecular flexibility index (Phi) is 6.04. The van der Waals surface area contributed by atoms with E-state index >= 15 is 0 Å². The Morgan fingerprint density at radius 2 is 2.07 bits per heavy atom. The molecule has 0 radical (unpaired) electrons. The van der Waals surface area contributed by atoms with Crippen LogP contribution in [0.3, 0.4) is 0 Å². The molecule has 1 amide bonds. The molecule has 3 N–H and O–H groups in total. The SMILES string of the molecule is C/C=C1/C(C(N)=NNC(=O)C(C)(C)F)=NN(Cc2ccccc2F)C1=NC. The number of hydrogen-bond acceptors (Lipinski definition) is 4. The Hall–Kier alpha value is -3.10. The maximum absolute atomic E-state index is 14.0. The van der Waals surface area contributed by atoms with Crippen LogP contribution in [0.25, 0.3) is 0 Å². The second kappa shape index (κ2) is 8.07. The molecule has 27 heavy (non-hydrogen) atoms. The van der Waals surface area contributed by atoms with E-state index < -0.39 is 11.6 Å². The predicted molar refractivity (Wildman–Crippen MR) is 101 cm³/mol. The second-order valence-electron chi connectivity index (χ2n) is 6.26. The minimum Gasteiger partial charge on any atom is -0.380 e. The van der Waals surface area contributed by atoms with E-state index in [2.05, 4.69) is 20.6 Å². The number of hydrazone groups is 2. The van der Waals surface area contributed by atoms with E-state index in [-0.39, 0.29) is 23.9 Å². The van der Waals surface area contributed by atoms with Gasteiger partial charge >= 0.3 is 0 Å². The Morgan fingerprint density at radius 1 is 1.41 bits per heavy atom. The van der Waals surface area contributed by atoms with Crippen molar-refractivity contribution in [3.63, 3.8) is 0 Å². The maximum Gasteiger partial charge on any atom is 0.277 e. The Balaban J connectivity index is 2.31. The lowest BCUT2D eigenvalue weighted by Crippen LogP contribution is -2.38. The third kappa shape index (κ3) is 4.55. The van der Waals surface area contributed by atoms with Crippen LogP contribution in [0.1, 0.15) is 26.3 Å². The van der Waals surface area contributed by atoms with Gasteiger partial charge in [-0.3, -0.25) is 9.79 Å². The van der Waals surface area contributed by atoms with Crippen molar-refractivity contribution in [1.29, 1.82) is 0 Å². The van der Waals surface area contributed by atoms with Crippen LogP contribution < -0.4 is 11.2 Å². The van der Waals surface area contributed by atoms with Gasteiger partial charge in [0.25, 0.3) is 5.91 Å². The second-order valence-corrected chi connectivity index (χ2v) is 6.26. The number of rotatable bonds is 5. The molecule has 0 bridgehead atoms. The summed E-state index contributed by atoms with van der Waals surface area (Å²) in [5.74, 6) is -0.930. The summed E-state index contributed by atoms with van der Waals surface area (Å²) in [7, 11) is 1.58. The number of halogens is 2. The molecule has 1 aliphatic rings. The van der Waals surface area contributed by atoms with Gasteiger partial charge in [0.05, 0.1) is 6.54 Å². The van der Waals surface area contributed by atoms with E-state index in [1.54, 1.807) is 38.2 Å². The number of carbonyl (C=O) groups excluding carboxylic acids is 1. The van der Waals surface area contributed by atoms with Gasteiger partial charge in [-0.2, -0.15) is 10.2 Å². The Morgan fingerprint density at radius 3 is 2.63 bits per heavy atom.